The Kier molecular flexibility index (Phi) is 19.5. The third-order valence-electron chi connectivity index (χ3n) is 12.5. The number of fused-ring (bicyclic) bond motifs is 14. The van der Waals surface area contributed by atoms with E-state index in [0.717, 1.165) is 22.7 Å². The van der Waals surface area contributed by atoms with Crippen molar-refractivity contribution < 1.29 is 52.9 Å². The van der Waals surface area contributed by atoms with E-state index < -0.39 is 72.4 Å². The predicted molar refractivity (Wildman–Crippen MR) is 313 cm³/mol. The second-order valence-corrected chi connectivity index (χ2v) is 24.4. The number of nitrogens with zero attached hydrogens (tertiary/aromatic N) is 7. The predicted octanol–water partition coefficient (Wildman–Crippen LogP) is 7.81. The summed E-state index contributed by atoms with van der Waals surface area (Å²) in [6.45, 7) is 4.92. The molecule has 7 aromatic heterocycles. The van der Waals surface area contributed by atoms with Crippen molar-refractivity contribution in [3.8, 4) is 43.4 Å². The maximum absolute atomic E-state index is 14.3. The van der Waals surface area contributed by atoms with E-state index >= 15 is 0 Å². The van der Waals surface area contributed by atoms with Gasteiger partial charge in [-0.25, -0.2) is 39.7 Å². The molecule has 6 amide bonds. The lowest BCUT2D eigenvalue weighted by Gasteiger charge is -2.23. The molecule has 4 atom stereocenters. The summed E-state index contributed by atoms with van der Waals surface area (Å²) in [6.07, 6.45) is -1.92. The molecule has 10 bridgehead atoms. The minimum Gasteiger partial charge on any atom is -0.469 e. The van der Waals surface area contributed by atoms with Gasteiger partial charge in [0.05, 0.1) is 55.9 Å². The smallest absolute Gasteiger partial charge is 0.412 e. The summed E-state index contributed by atoms with van der Waals surface area (Å²) in [5.74, 6) is -3.39. The number of rotatable bonds is 13. The first-order chi connectivity index (χ1) is 40.0. The number of thiazole rings is 6. The van der Waals surface area contributed by atoms with E-state index in [1.807, 2.05) is 13.8 Å². The Morgan fingerprint density at radius 1 is 0.711 bits per heavy atom. The van der Waals surface area contributed by atoms with Crippen molar-refractivity contribution in [2.45, 2.75) is 70.9 Å². The summed E-state index contributed by atoms with van der Waals surface area (Å²) in [4.78, 5) is 128. The van der Waals surface area contributed by atoms with E-state index in [9.17, 15) is 38.7 Å². The highest BCUT2D eigenvalue weighted by atomic mass is 32.1. The van der Waals surface area contributed by atoms with Crippen molar-refractivity contribution in [1.82, 2.24) is 61.5 Å². The molecule has 83 heavy (non-hydrogen) atoms. The number of pyridine rings is 1. The molecule has 0 radical (unpaired) electrons. The van der Waals surface area contributed by atoms with Crippen LogP contribution in [0.5, 0.6) is 0 Å². The Morgan fingerprint density at radius 3 is 2.19 bits per heavy atom. The van der Waals surface area contributed by atoms with Crippen LogP contribution in [-0.4, -0.2) is 116 Å². The lowest BCUT2D eigenvalue weighted by atomic mass is 10.0. The number of amides is 6. The largest absolute Gasteiger partial charge is 0.469 e. The molecule has 0 unspecified atom stereocenters. The van der Waals surface area contributed by atoms with Crippen molar-refractivity contribution in [2.75, 3.05) is 39.7 Å². The van der Waals surface area contributed by atoms with Gasteiger partial charge in [0.2, 0.25) is 11.8 Å². The Balaban J connectivity index is 1.10. The van der Waals surface area contributed by atoms with E-state index in [-0.39, 0.29) is 66.3 Å². The minimum absolute atomic E-state index is 0.000924. The number of aryl methyl sites for hydroxylation is 1. The number of carbonyl (C=O) groups is 7. The number of aromatic nitrogens is 7. The number of esters is 1. The Bertz CT molecular complexity index is 3690. The molecule has 0 saturated heterocycles. The monoisotopic (exact) mass is 1240 g/mol. The van der Waals surface area contributed by atoms with Crippen LogP contribution >= 0.6 is 68.0 Å². The van der Waals surface area contributed by atoms with E-state index in [2.05, 4.69) is 51.6 Å². The van der Waals surface area contributed by atoms with Gasteiger partial charge in [-0.05, 0) is 37.0 Å². The van der Waals surface area contributed by atoms with E-state index in [4.69, 9.17) is 29.4 Å². The average molecular weight is 1240 g/mol. The first-order valence-corrected chi connectivity index (χ1v) is 30.6. The SMILES string of the molecule is CNC(=O)C[C@@H]1NC(=O)c2csc(n2)-c2ccc(-c3nc(NC(=O)OCCCC(=O)OC)cs3)nc2-c2csc(n2)-c2csc(n2)[C@H]([C@@H](O)c2ccccc2)NC(=O)CNC(=O)c2nc(sc2COC)[C@H](C(C)C)NC(=O)c2nc1sc2C. The van der Waals surface area contributed by atoms with Crippen LogP contribution in [0.3, 0.4) is 0 Å². The minimum atomic E-state index is -1.28. The second kappa shape index (κ2) is 27.0. The van der Waals surface area contributed by atoms with E-state index in [1.165, 1.54) is 66.6 Å². The maximum atomic E-state index is 14.3. The fourth-order valence-corrected chi connectivity index (χ4v) is 13.8. The molecule has 24 nitrogen and oxygen atoms in total. The van der Waals surface area contributed by atoms with Crippen molar-refractivity contribution in [3.63, 3.8) is 0 Å². The number of aliphatic hydroxyl groups is 1. The summed E-state index contributed by atoms with van der Waals surface area (Å²) in [7, 11) is 4.21. The molecule has 432 valence electrons. The fraction of sp³-hybridized carbons (Fsp3) is 0.321. The van der Waals surface area contributed by atoms with Crippen LogP contribution in [0.2, 0.25) is 0 Å². The molecular formula is C53H53N13O11S6. The van der Waals surface area contributed by atoms with Crippen LogP contribution in [0.4, 0.5) is 10.6 Å². The summed E-state index contributed by atoms with van der Waals surface area (Å²) < 4.78 is 15.3. The van der Waals surface area contributed by atoms with Gasteiger partial charge in [0.1, 0.15) is 82.2 Å². The van der Waals surface area contributed by atoms with Gasteiger partial charge in [-0.15, -0.1) is 68.0 Å². The number of anilines is 1. The Morgan fingerprint density at radius 2 is 1.43 bits per heavy atom. The van der Waals surface area contributed by atoms with Crippen LogP contribution < -0.4 is 31.9 Å². The van der Waals surface area contributed by atoms with Gasteiger partial charge in [0.15, 0.2) is 0 Å². The van der Waals surface area contributed by atoms with E-state index in [1.54, 1.807) is 70.9 Å². The van der Waals surface area contributed by atoms with E-state index in [0.29, 0.717) is 68.7 Å². The molecule has 0 spiro atoms. The Labute approximate surface area is 498 Å². The van der Waals surface area contributed by atoms with Gasteiger partial charge in [-0.2, -0.15) is 0 Å². The summed E-state index contributed by atoms with van der Waals surface area (Å²) >= 11 is 7.10. The van der Waals surface area contributed by atoms with Crippen LogP contribution in [0.25, 0.3) is 43.4 Å². The molecule has 7 N–H and O–H groups in total. The highest BCUT2D eigenvalue weighted by Gasteiger charge is 2.33. The molecule has 1 aliphatic heterocycles. The molecule has 1 aromatic carbocycles. The zero-order valence-corrected chi connectivity index (χ0v) is 50.0. The quantitative estimate of drug-likeness (QED) is 0.0427. The Hall–Kier alpha value is -7.84. The van der Waals surface area contributed by atoms with Gasteiger partial charge >= 0.3 is 12.1 Å². The molecule has 1 aliphatic rings. The molecule has 9 rings (SSSR count). The molecule has 8 heterocycles. The second-order valence-electron chi connectivity index (χ2n) is 18.6. The summed E-state index contributed by atoms with van der Waals surface area (Å²) in [6, 6.07) is 9.41. The zero-order chi connectivity index (χ0) is 58.9. The molecule has 30 heteroatoms. The number of hydrogen-bond acceptors (Lipinski definition) is 24. The molecule has 8 aromatic rings. The summed E-state index contributed by atoms with van der Waals surface area (Å²) in [5.41, 5.74) is 2.60. The van der Waals surface area contributed by atoms with Crippen molar-refractivity contribution in [1.29, 1.82) is 0 Å². The van der Waals surface area contributed by atoms with Crippen LogP contribution in [-0.2, 0) is 35.2 Å². The van der Waals surface area contributed by atoms with Gasteiger partial charge < -0.3 is 45.9 Å². The number of methoxy groups -OCH3 is 2. The van der Waals surface area contributed by atoms with Crippen molar-refractivity contribution in [2.24, 2.45) is 5.92 Å². The number of aliphatic hydroxyl groups excluding tert-OH is 1. The standard InChI is InChI=1S/C53H53N13O11S6/c1-24(2)38-52-66-41(33(83-52)19-75-5)45(72)55-18-36(68)63-42(43(70)26-11-8-7-9-12-26)51-60-32(22-80-51)49-58-30(20-79-49)40-27(14-15-28(56-40)48-61-34(23-81-48)62-53(74)77-16-10-13-37(69)76-6)47-59-31(21-78-47)44(71)57-29(17-35(67)54-4)50-65-39(25(3)82-50)46(73)64-38/h7-9,11-12,14-15,20-24,29,38,42-43,70H,10,13,16-19H2,1-6H3,(H,54,67)(H,55,72)(H,57,71)(H,62,74)(H,63,68)(H,64,73)/t29-,38-,42-,43-/m0/s1. The first-order valence-electron chi connectivity index (χ1n) is 25.4. The molecule has 0 fully saturated rings. The lowest BCUT2D eigenvalue weighted by molar-refractivity contribution is -0.141. The number of carbonyl (C=O) groups excluding carboxylic acids is 7. The van der Waals surface area contributed by atoms with Crippen molar-refractivity contribution in [3.05, 3.63) is 111 Å². The lowest BCUT2D eigenvalue weighted by Crippen LogP contribution is -2.40. The molecule has 0 saturated carbocycles. The number of nitrogens with one attached hydrogen (secondary N) is 6. The van der Waals surface area contributed by atoms with Gasteiger partial charge in [-0.3, -0.25) is 34.1 Å². The highest BCUT2D eigenvalue weighted by Crippen LogP contribution is 2.40. The molecule has 0 aliphatic carbocycles. The number of ether oxygens (including phenoxy) is 3. The highest BCUT2D eigenvalue weighted by molar-refractivity contribution is 7.15. The topological polar surface area (TPSA) is 330 Å². The van der Waals surface area contributed by atoms with Crippen LogP contribution in [0.1, 0.15) is 119 Å². The van der Waals surface area contributed by atoms with Gasteiger partial charge in [-0.1, -0.05) is 44.2 Å². The van der Waals surface area contributed by atoms with Gasteiger partial charge in [0.25, 0.3) is 17.7 Å². The maximum Gasteiger partial charge on any atom is 0.412 e. The fourth-order valence-electron chi connectivity index (χ4n) is 8.27. The zero-order valence-electron chi connectivity index (χ0n) is 45.1. The van der Waals surface area contributed by atoms with Crippen molar-refractivity contribution >= 4 is 115 Å². The third-order valence-corrected chi connectivity index (χ3v) is 18.2. The van der Waals surface area contributed by atoms with Crippen LogP contribution in [0, 0.1) is 12.8 Å². The average Bonchev–Trinajstić information content (AvgIpc) is 4.32. The normalized spacial score (nSPS) is 16.2. The third kappa shape index (κ3) is 14.3. The first kappa shape index (κ1) is 59.8. The van der Waals surface area contributed by atoms with Crippen LogP contribution in [0.15, 0.2) is 64.0 Å². The number of hydrogen-bond donors (Lipinski definition) is 7. The van der Waals surface area contributed by atoms with Gasteiger partial charge in [0, 0.05) is 52.5 Å². The number of benzene rings is 1. The summed E-state index contributed by atoms with van der Waals surface area (Å²) in [5, 5.41) is 37.5. The molecular weight excluding hydrogens is 1190 g/mol.